The molecular weight excluding hydrogens is 273 g/mol. The minimum Gasteiger partial charge on any atom is -0.307 e. The molecular formula is C17H17ClFN. The maximum atomic E-state index is 12.9. The fourth-order valence-electron chi connectivity index (χ4n) is 2.91. The van der Waals surface area contributed by atoms with Gasteiger partial charge in [-0.2, -0.15) is 0 Å². The van der Waals surface area contributed by atoms with Crippen molar-refractivity contribution < 1.29 is 4.39 Å². The third kappa shape index (κ3) is 2.87. The van der Waals surface area contributed by atoms with Gasteiger partial charge in [0.15, 0.2) is 0 Å². The van der Waals surface area contributed by atoms with Gasteiger partial charge in [0.2, 0.25) is 0 Å². The summed E-state index contributed by atoms with van der Waals surface area (Å²) in [6.45, 7) is 2.11. The van der Waals surface area contributed by atoms with Gasteiger partial charge >= 0.3 is 0 Å². The summed E-state index contributed by atoms with van der Waals surface area (Å²) in [5, 5.41) is 4.42. The van der Waals surface area contributed by atoms with Crippen molar-refractivity contribution in [1.82, 2.24) is 5.32 Å². The van der Waals surface area contributed by atoms with E-state index >= 15 is 0 Å². The summed E-state index contributed by atoms with van der Waals surface area (Å²) in [7, 11) is 0. The lowest BCUT2D eigenvalue weighted by Gasteiger charge is -2.19. The van der Waals surface area contributed by atoms with Gasteiger partial charge in [0.1, 0.15) is 5.82 Å². The highest BCUT2D eigenvalue weighted by Gasteiger charge is 2.23. The predicted molar refractivity (Wildman–Crippen MR) is 80.6 cm³/mol. The fraction of sp³-hybridized carbons (Fsp3) is 0.294. The van der Waals surface area contributed by atoms with Crippen molar-refractivity contribution in [1.29, 1.82) is 0 Å². The van der Waals surface area contributed by atoms with Gasteiger partial charge in [-0.05, 0) is 60.7 Å². The molecule has 1 aliphatic carbocycles. The van der Waals surface area contributed by atoms with Crippen molar-refractivity contribution in [2.45, 2.75) is 31.8 Å². The normalized spacial score (nSPS) is 18.9. The van der Waals surface area contributed by atoms with Crippen LogP contribution in [0.2, 0.25) is 5.02 Å². The Morgan fingerprint density at radius 1 is 1.10 bits per heavy atom. The Morgan fingerprint density at radius 3 is 2.55 bits per heavy atom. The molecule has 0 saturated heterocycles. The van der Waals surface area contributed by atoms with Crippen LogP contribution in [-0.4, -0.2) is 6.04 Å². The van der Waals surface area contributed by atoms with Gasteiger partial charge < -0.3 is 5.32 Å². The van der Waals surface area contributed by atoms with E-state index < -0.39 is 0 Å². The third-order valence-electron chi connectivity index (χ3n) is 3.96. The molecule has 3 rings (SSSR count). The first-order valence-corrected chi connectivity index (χ1v) is 7.28. The lowest BCUT2D eigenvalue weighted by molar-refractivity contribution is 0.467. The highest BCUT2D eigenvalue weighted by molar-refractivity contribution is 6.30. The highest BCUT2D eigenvalue weighted by atomic mass is 35.5. The maximum Gasteiger partial charge on any atom is 0.123 e. The molecule has 0 spiro atoms. The van der Waals surface area contributed by atoms with Gasteiger partial charge in [0, 0.05) is 17.1 Å². The molecule has 2 aromatic carbocycles. The number of rotatable bonds is 3. The summed E-state index contributed by atoms with van der Waals surface area (Å²) in [6.07, 6.45) is 2.03. The summed E-state index contributed by atoms with van der Waals surface area (Å²) in [5.41, 5.74) is 3.82. The minimum absolute atomic E-state index is 0.191. The second kappa shape index (κ2) is 5.55. The van der Waals surface area contributed by atoms with Crippen LogP contribution in [0.15, 0.2) is 42.5 Å². The van der Waals surface area contributed by atoms with Crippen molar-refractivity contribution in [3.63, 3.8) is 0 Å². The molecule has 2 atom stereocenters. The molecule has 2 unspecified atom stereocenters. The summed E-state index contributed by atoms with van der Waals surface area (Å²) in [6, 6.07) is 13.5. The van der Waals surface area contributed by atoms with Crippen molar-refractivity contribution >= 4 is 11.6 Å². The van der Waals surface area contributed by atoms with Gasteiger partial charge in [-0.1, -0.05) is 29.8 Å². The molecule has 0 aromatic heterocycles. The molecule has 0 radical (unpaired) electrons. The average molecular weight is 290 g/mol. The van der Waals surface area contributed by atoms with Gasteiger partial charge in [0.05, 0.1) is 0 Å². The zero-order valence-electron chi connectivity index (χ0n) is 11.4. The van der Waals surface area contributed by atoms with Crippen LogP contribution in [0.5, 0.6) is 0 Å². The molecule has 1 nitrogen and oxygen atoms in total. The van der Waals surface area contributed by atoms with Gasteiger partial charge in [-0.15, -0.1) is 0 Å². The Hall–Kier alpha value is -1.38. The number of hydrogen-bond acceptors (Lipinski definition) is 1. The van der Waals surface area contributed by atoms with E-state index in [0.717, 1.165) is 23.4 Å². The zero-order chi connectivity index (χ0) is 14.1. The Labute approximate surface area is 123 Å². The van der Waals surface area contributed by atoms with E-state index in [4.69, 9.17) is 11.6 Å². The Balaban J connectivity index is 1.67. The lowest BCUT2D eigenvalue weighted by Crippen LogP contribution is -2.32. The van der Waals surface area contributed by atoms with E-state index in [1.54, 1.807) is 0 Å². The second-order valence-corrected chi connectivity index (χ2v) is 5.89. The number of hydrogen-bond donors (Lipinski definition) is 1. The standard InChI is InChI=1S/C17H17ClFN/c1-11(12-3-6-16(19)7-4-12)20-17-9-13-2-5-15(18)8-14(13)10-17/h2-8,11,17,20H,9-10H2,1H3. The molecule has 0 saturated carbocycles. The minimum atomic E-state index is -0.191. The van der Waals surface area contributed by atoms with Gasteiger partial charge in [0.25, 0.3) is 0 Å². The summed E-state index contributed by atoms with van der Waals surface area (Å²) < 4.78 is 12.9. The molecule has 0 aliphatic heterocycles. The molecule has 104 valence electrons. The molecule has 3 heteroatoms. The van der Waals surface area contributed by atoms with E-state index in [2.05, 4.69) is 24.4 Å². The largest absolute Gasteiger partial charge is 0.307 e. The number of fused-ring (bicyclic) bond motifs is 1. The first-order valence-electron chi connectivity index (χ1n) is 6.90. The zero-order valence-corrected chi connectivity index (χ0v) is 12.1. The molecule has 0 fully saturated rings. The van der Waals surface area contributed by atoms with E-state index in [0.29, 0.717) is 6.04 Å². The molecule has 0 bridgehead atoms. The summed E-state index contributed by atoms with van der Waals surface area (Å²) in [4.78, 5) is 0. The van der Waals surface area contributed by atoms with Crippen molar-refractivity contribution in [3.05, 3.63) is 70.0 Å². The van der Waals surface area contributed by atoms with Crippen molar-refractivity contribution in [2.24, 2.45) is 0 Å². The fourth-order valence-corrected chi connectivity index (χ4v) is 3.10. The monoisotopic (exact) mass is 289 g/mol. The van der Waals surface area contributed by atoms with Crippen molar-refractivity contribution in [2.75, 3.05) is 0 Å². The molecule has 0 heterocycles. The molecule has 20 heavy (non-hydrogen) atoms. The van der Waals surface area contributed by atoms with Gasteiger partial charge in [-0.3, -0.25) is 0 Å². The van der Waals surface area contributed by atoms with E-state index in [1.165, 1.54) is 23.3 Å². The SMILES string of the molecule is CC(NC1Cc2ccc(Cl)cc2C1)c1ccc(F)cc1. The Kier molecular flexibility index (Phi) is 3.77. The van der Waals surface area contributed by atoms with Crippen molar-refractivity contribution in [3.8, 4) is 0 Å². The van der Waals surface area contributed by atoms with Crippen LogP contribution >= 0.6 is 11.6 Å². The summed E-state index contributed by atoms with van der Waals surface area (Å²) in [5.74, 6) is -0.191. The van der Waals surface area contributed by atoms with Crippen LogP contribution in [0.4, 0.5) is 4.39 Å². The quantitative estimate of drug-likeness (QED) is 0.888. The van der Waals surface area contributed by atoms with E-state index in [1.807, 2.05) is 18.2 Å². The van der Waals surface area contributed by atoms with Crippen LogP contribution in [-0.2, 0) is 12.8 Å². The molecule has 1 aliphatic rings. The molecule has 2 aromatic rings. The maximum absolute atomic E-state index is 12.9. The average Bonchev–Trinajstić information content (AvgIpc) is 2.80. The third-order valence-corrected chi connectivity index (χ3v) is 4.19. The van der Waals surface area contributed by atoms with E-state index in [-0.39, 0.29) is 11.9 Å². The Bertz CT molecular complexity index is 609. The topological polar surface area (TPSA) is 12.0 Å². The van der Waals surface area contributed by atoms with Crippen LogP contribution in [0.3, 0.4) is 0 Å². The summed E-state index contributed by atoms with van der Waals surface area (Å²) >= 11 is 6.03. The van der Waals surface area contributed by atoms with Crippen LogP contribution in [0.25, 0.3) is 0 Å². The predicted octanol–water partition coefficient (Wildman–Crippen LogP) is 4.30. The molecule has 1 N–H and O–H groups in total. The van der Waals surface area contributed by atoms with Crippen LogP contribution in [0.1, 0.15) is 29.7 Å². The lowest BCUT2D eigenvalue weighted by atomic mass is 10.1. The Morgan fingerprint density at radius 2 is 1.80 bits per heavy atom. The van der Waals surface area contributed by atoms with Crippen LogP contribution in [0, 0.1) is 5.82 Å². The smallest absolute Gasteiger partial charge is 0.123 e. The number of halogens is 2. The number of nitrogens with one attached hydrogen (secondary N) is 1. The van der Waals surface area contributed by atoms with E-state index in [9.17, 15) is 4.39 Å². The van der Waals surface area contributed by atoms with Gasteiger partial charge in [-0.25, -0.2) is 4.39 Å². The highest BCUT2D eigenvalue weighted by Crippen LogP contribution is 2.27. The number of benzene rings is 2. The second-order valence-electron chi connectivity index (χ2n) is 5.46. The first-order chi connectivity index (χ1) is 9.61. The van der Waals surface area contributed by atoms with Crippen LogP contribution < -0.4 is 5.32 Å². The first kappa shape index (κ1) is 13.6. The molecule has 0 amide bonds.